The summed E-state index contributed by atoms with van der Waals surface area (Å²) in [6, 6.07) is -0.741. The first kappa shape index (κ1) is 59.2. The minimum absolute atomic E-state index is 0.0155. The lowest BCUT2D eigenvalue weighted by Crippen LogP contribution is -2.55. The molecule has 0 heterocycles. The predicted molar refractivity (Wildman–Crippen MR) is 263 cm³/mol. The molecule has 2 atom stereocenters. The van der Waals surface area contributed by atoms with Gasteiger partial charge in [0.05, 0.1) is 40.3 Å². The summed E-state index contributed by atoms with van der Waals surface area (Å²) < 4.78 is 17.2. The molecule has 8 nitrogen and oxygen atoms in total. The van der Waals surface area contributed by atoms with E-state index in [0.29, 0.717) is 12.8 Å². The summed E-state index contributed by atoms with van der Waals surface area (Å²) in [6.07, 6.45) is 60.1. The first-order chi connectivity index (χ1) is 30.6. The number of allylic oxidation sites excluding steroid dienone is 16. The van der Waals surface area contributed by atoms with Crippen molar-refractivity contribution in [3.63, 3.8) is 0 Å². The normalized spacial score (nSPS) is 13.7. The van der Waals surface area contributed by atoms with Crippen LogP contribution in [0.3, 0.4) is 0 Å². The number of unbranched alkanes of at least 4 members (excludes halogenated alkanes) is 13. The number of carbonyl (C=O) groups excluding carboxylic acids is 3. The number of ether oxygens (including phenoxy) is 3. The molecule has 0 saturated carbocycles. The lowest BCUT2D eigenvalue weighted by atomic mass is 10.1. The molecule has 358 valence electrons. The second-order valence-electron chi connectivity index (χ2n) is 17.3. The highest BCUT2D eigenvalue weighted by molar-refractivity contribution is 5.70. The largest absolute Gasteiger partial charge is 0.544 e. The lowest BCUT2D eigenvalue weighted by Gasteiger charge is -2.34. The Hall–Kier alpha value is -3.75. The van der Waals surface area contributed by atoms with Crippen LogP contribution in [0, 0.1) is 0 Å². The Labute approximate surface area is 386 Å². The van der Waals surface area contributed by atoms with Crippen molar-refractivity contribution in [3.8, 4) is 0 Å². The maximum Gasteiger partial charge on any atom is 0.306 e. The number of likely N-dealkylation sites (N-methyl/N-ethyl adjacent to an activating group) is 1. The Morgan fingerprint density at radius 3 is 1.37 bits per heavy atom. The number of esters is 2. The molecule has 8 heteroatoms. The van der Waals surface area contributed by atoms with E-state index in [-0.39, 0.29) is 49.1 Å². The molecule has 0 aliphatic rings. The number of aliphatic carboxylic acids is 1. The van der Waals surface area contributed by atoms with E-state index in [1.165, 1.54) is 64.2 Å². The minimum atomic E-state index is -1.14. The molecule has 0 aliphatic heterocycles. The van der Waals surface area contributed by atoms with Crippen molar-refractivity contribution in [2.45, 2.75) is 193 Å². The van der Waals surface area contributed by atoms with Crippen LogP contribution in [-0.4, -0.2) is 75.5 Å². The molecule has 0 rings (SSSR count). The number of nitrogens with zero attached hydrogens (tertiary/aromatic N) is 1. The van der Waals surface area contributed by atoms with Gasteiger partial charge in [0, 0.05) is 19.3 Å². The molecule has 0 fully saturated rings. The number of hydrogen-bond acceptors (Lipinski definition) is 7. The van der Waals surface area contributed by atoms with Gasteiger partial charge in [-0.1, -0.05) is 169 Å². The zero-order valence-corrected chi connectivity index (χ0v) is 40.7. The monoisotopic (exact) mass is 878 g/mol. The van der Waals surface area contributed by atoms with E-state index in [1.54, 1.807) is 21.1 Å². The number of hydrogen-bond donors (Lipinski definition) is 0. The molecular weight excluding hydrogens is 787 g/mol. The van der Waals surface area contributed by atoms with Gasteiger partial charge in [-0.15, -0.1) is 0 Å². The van der Waals surface area contributed by atoms with Crippen molar-refractivity contribution in [2.75, 3.05) is 41.0 Å². The summed E-state index contributed by atoms with van der Waals surface area (Å²) in [6.45, 7) is 4.45. The zero-order valence-electron chi connectivity index (χ0n) is 40.7. The summed E-state index contributed by atoms with van der Waals surface area (Å²) in [5, 5.41) is 11.7. The van der Waals surface area contributed by atoms with Crippen molar-refractivity contribution in [2.24, 2.45) is 0 Å². The van der Waals surface area contributed by atoms with Gasteiger partial charge in [0.1, 0.15) is 12.6 Å². The Morgan fingerprint density at radius 2 is 0.905 bits per heavy atom. The average Bonchev–Trinajstić information content (AvgIpc) is 3.24. The number of carboxylic acids is 1. The van der Waals surface area contributed by atoms with Gasteiger partial charge in [-0.3, -0.25) is 9.59 Å². The molecule has 0 radical (unpaired) electrons. The van der Waals surface area contributed by atoms with Crippen molar-refractivity contribution < 1.29 is 38.2 Å². The molecule has 2 unspecified atom stereocenters. The van der Waals surface area contributed by atoms with Crippen LogP contribution in [0.25, 0.3) is 0 Å². The highest BCUT2D eigenvalue weighted by atomic mass is 16.6. The standard InChI is InChI=1S/C55H91NO7/c1-6-8-10-12-14-16-18-20-22-24-25-26-27-28-30-32-34-36-38-40-42-44-46-54(58)63-51(49-61-48-47-52(55(59)60)56(3,4)5)50-62-53(57)45-43-41-39-37-35-33-31-29-23-21-19-17-15-13-11-9-7-2/h8,10,14-17,20-23,25-26,31,33,37,39,51-52H,6-7,9,11-13,18-19,24,27-30,32,34-36,38,40-50H2,1-5H3/b10-8+,16-14+,17-15+,22-20+,23-21+,26-25+,33-31+,39-37+. The SMILES string of the molecule is CC/C=C/C/C=C/C/C=C/C/C=C/CCCCCCCCCCCC(=O)OC(COCCC(C(=O)[O-])[N+](C)(C)C)COC(=O)CCC/C=C/C/C=C/C/C=C/C/C=C/CCCCC. The smallest absolute Gasteiger partial charge is 0.306 e. The van der Waals surface area contributed by atoms with E-state index in [1.807, 2.05) is 0 Å². The van der Waals surface area contributed by atoms with Crippen LogP contribution in [-0.2, 0) is 28.6 Å². The number of quaternary nitrogens is 1. The van der Waals surface area contributed by atoms with E-state index < -0.39 is 18.1 Å². The lowest BCUT2D eigenvalue weighted by molar-refractivity contribution is -0.889. The quantitative estimate of drug-likeness (QED) is 0.0260. The maximum absolute atomic E-state index is 12.8. The number of rotatable bonds is 43. The van der Waals surface area contributed by atoms with Crippen molar-refractivity contribution in [1.29, 1.82) is 0 Å². The van der Waals surface area contributed by atoms with Crippen molar-refractivity contribution in [1.82, 2.24) is 0 Å². The topological polar surface area (TPSA) is 102 Å². The van der Waals surface area contributed by atoms with E-state index >= 15 is 0 Å². The van der Waals surface area contributed by atoms with E-state index in [2.05, 4.69) is 111 Å². The van der Waals surface area contributed by atoms with Crippen LogP contribution in [0.15, 0.2) is 97.2 Å². The molecule has 63 heavy (non-hydrogen) atoms. The van der Waals surface area contributed by atoms with Gasteiger partial charge in [0.2, 0.25) is 0 Å². The van der Waals surface area contributed by atoms with Gasteiger partial charge >= 0.3 is 11.9 Å². The van der Waals surface area contributed by atoms with Gasteiger partial charge in [-0.25, -0.2) is 0 Å². The Morgan fingerprint density at radius 1 is 0.492 bits per heavy atom. The average molecular weight is 878 g/mol. The molecule has 0 bridgehead atoms. The van der Waals surface area contributed by atoms with Crippen molar-refractivity contribution >= 4 is 17.9 Å². The first-order valence-electron chi connectivity index (χ1n) is 24.8. The van der Waals surface area contributed by atoms with Gasteiger partial charge in [0.25, 0.3) is 0 Å². The molecule has 0 N–H and O–H groups in total. The third-order valence-electron chi connectivity index (χ3n) is 10.5. The van der Waals surface area contributed by atoms with Crippen LogP contribution >= 0.6 is 0 Å². The van der Waals surface area contributed by atoms with Crippen molar-refractivity contribution in [3.05, 3.63) is 97.2 Å². The Kier molecular flexibility index (Phi) is 42.2. The Bertz CT molecular complexity index is 1350. The van der Waals surface area contributed by atoms with Crippen LogP contribution in [0.4, 0.5) is 0 Å². The Balaban J connectivity index is 4.37. The zero-order chi connectivity index (χ0) is 46.3. The molecule has 0 aromatic rings. The molecule has 0 spiro atoms. The highest BCUT2D eigenvalue weighted by Crippen LogP contribution is 2.14. The highest BCUT2D eigenvalue weighted by Gasteiger charge is 2.25. The van der Waals surface area contributed by atoms with Crippen LogP contribution in [0.1, 0.15) is 181 Å². The summed E-state index contributed by atoms with van der Waals surface area (Å²) in [4.78, 5) is 37.0. The van der Waals surface area contributed by atoms with E-state index in [0.717, 1.165) is 77.0 Å². The maximum atomic E-state index is 12.8. The first-order valence-corrected chi connectivity index (χ1v) is 24.8. The van der Waals surface area contributed by atoms with Gasteiger partial charge in [-0.05, 0) is 89.9 Å². The van der Waals surface area contributed by atoms with Gasteiger partial charge in [0.15, 0.2) is 6.10 Å². The van der Waals surface area contributed by atoms with Gasteiger partial charge in [-0.2, -0.15) is 0 Å². The fourth-order valence-electron chi connectivity index (χ4n) is 6.64. The second kappa shape index (κ2) is 44.8. The molecular formula is C55H91NO7. The fraction of sp³-hybridized carbons (Fsp3) is 0.655. The summed E-state index contributed by atoms with van der Waals surface area (Å²) in [7, 11) is 5.39. The molecule has 0 aliphatic carbocycles. The van der Waals surface area contributed by atoms with Gasteiger partial charge < -0.3 is 28.6 Å². The summed E-state index contributed by atoms with van der Waals surface area (Å²) in [5.74, 6) is -1.82. The molecule has 0 aromatic heterocycles. The summed E-state index contributed by atoms with van der Waals surface area (Å²) >= 11 is 0. The molecule has 0 saturated heterocycles. The molecule has 0 amide bonds. The predicted octanol–water partition coefficient (Wildman–Crippen LogP) is 12.9. The second-order valence-corrected chi connectivity index (χ2v) is 17.3. The minimum Gasteiger partial charge on any atom is -0.544 e. The molecule has 0 aromatic carbocycles. The number of carbonyl (C=O) groups is 3. The van der Waals surface area contributed by atoms with Crippen LogP contribution < -0.4 is 5.11 Å². The van der Waals surface area contributed by atoms with E-state index in [9.17, 15) is 19.5 Å². The number of carboxylic acid groups (broad SMARTS) is 1. The third kappa shape index (κ3) is 43.3. The van der Waals surface area contributed by atoms with E-state index in [4.69, 9.17) is 14.2 Å². The van der Waals surface area contributed by atoms with Crippen LogP contribution in [0.2, 0.25) is 0 Å². The van der Waals surface area contributed by atoms with Crippen LogP contribution in [0.5, 0.6) is 0 Å². The third-order valence-corrected chi connectivity index (χ3v) is 10.5. The fourth-order valence-corrected chi connectivity index (χ4v) is 6.64. The summed E-state index contributed by atoms with van der Waals surface area (Å²) in [5.41, 5.74) is 0.